The second-order valence-electron chi connectivity index (χ2n) is 27.4. The minimum absolute atomic E-state index is 0.0204. The van der Waals surface area contributed by atoms with Crippen LogP contribution >= 0.6 is 22.9 Å². The highest BCUT2D eigenvalue weighted by Crippen LogP contribution is 2.70. The Morgan fingerprint density at radius 2 is 1.64 bits per heavy atom. The number of nitrogens with one attached hydrogen (secondary N) is 6. The number of carbonyl (C=O) groups excluding carboxylic acids is 7. The van der Waals surface area contributed by atoms with Gasteiger partial charge in [-0.05, 0) is 152 Å². The Labute approximate surface area is 595 Å². The number of alkyl halides is 1. The molecule has 27 nitrogen and oxygen atoms in total. The van der Waals surface area contributed by atoms with Gasteiger partial charge in [-0.2, -0.15) is 13.5 Å². The van der Waals surface area contributed by atoms with Gasteiger partial charge >= 0.3 is 18.1 Å². The van der Waals surface area contributed by atoms with Gasteiger partial charge < -0.3 is 56.7 Å². The third-order valence-electron chi connectivity index (χ3n) is 19.6. The quantitative estimate of drug-likeness (QED) is 0.0105. The second kappa shape index (κ2) is 32.6. The van der Waals surface area contributed by atoms with Crippen molar-refractivity contribution in [2.45, 2.75) is 137 Å². The fourth-order valence-electron chi connectivity index (χ4n) is 14.9. The molecule has 3 aliphatic carbocycles. The Hall–Kier alpha value is -9.19. The Bertz CT molecular complexity index is 4210. The number of thiazole rings is 1. The average Bonchev–Trinajstić information content (AvgIpc) is 1.54. The summed E-state index contributed by atoms with van der Waals surface area (Å²) >= 11 is 6.91. The molecule has 30 heteroatoms. The van der Waals surface area contributed by atoms with Crippen LogP contribution < -0.4 is 42.5 Å². The molecule has 8 amide bonds. The molecule has 4 unspecified atom stereocenters. The number of carboxylic acids is 1. The number of allylic oxidation sites excluding steroid dienone is 2. The number of hydrogen-bond donors (Lipinski definition) is 9. The summed E-state index contributed by atoms with van der Waals surface area (Å²) in [6, 6.07) is 20.4. The number of ether oxygens (including phenoxy) is 2. The fourth-order valence-corrected chi connectivity index (χ4v) is 16.3. The van der Waals surface area contributed by atoms with Gasteiger partial charge in [0.1, 0.15) is 37.0 Å². The van der Waals surface area contributed by atoms with Crippen LogP contribution in [0.2, 0.25) is 0 Å². The van der Waals surface area contributed by atoms with E-state index in [9.17, 15) is 56.4 Å². The summed E-state index contributed by atoms with van der Waals surface area (Å²) in [6.07, 6.45) is 6.98. The predicted octanol–water partition coefficient (Wildman–Crippen LogP) is 8.95. The van der Waals surface area contributed by atoms with Crippen LogP contribution in [0.25, 0.3) is 21.3 Å². The monoisotopic (exact) mass is 1450 g/mol. The maximum Gasteiger partial charge on any atom is 0.410 e. The Kier molecular flexibility index (Phi) is 24.1. The summed E-state index contributed by atoms with van der Waals surface area (Å²) in [4.78, 5) is 117. The van der Waals surface area contributed by atoms with Crippen molar-refractivity contribution >= 4 is 108 Å². The van der Waals surface area contributed by atoms with Gasteiger partial charge in [-0.3, -0.25) is 38.5 Å². The number of urea groups is 1. The molecule has 540 valence electrons. The van der Waals surface area contributed by atoms with Crippen molar-refractivity contribution in [3.8, 4) is 11.1 Å². The summed E-state index contributed by atoms with van der Waals surface area (Å²) in [5.41, 5.74) is 11.8. The summed E-state index contributed by atoms with van der Waals surface area (Å²) < 4.78 is 49.2. The number of rotatable bonds is 33. The Morgan fingerprint density at radius 1 is 0.871 bits per heavy atom. The van der Waals surface area contributed by atoms with E-state index < -0.39 is 64.4 Å². The molecule has 4 aliphatic rings. The van der Waals surface area contributed by atoms with Gasteiger partial charge in [0.05, 0.1) is 34.5 Å². The molecule has 2 fully saturated rings. The maximum atomic E-state index is 13.8. The van der Waals surface area contributed by atoms with Crippen LogP contribution in [0.3, 0.4) is 0 Å². The third-order valence-corrected chi connectivity index (χ3v) is 21.5. The normalized spacial score (nSPS) is 18.9. The van der Waals surface area contributed by atoms with Crippen LogP contribution in [0.1, 0.15) is 135 Å². The van der Waals surface area contributed by atoms with Gasteiger partial charge in [-0.1, -0.05) is 81.9 Å². The number of amides is 8. The number of benzene rings is 3. The second-order valence-corrected chi connectivity index (χ2v) is 30.3. The lowest BCUT2D eigenvalue weighted by Crippen LogP contribution is -2.54. The number of aromatic nitrogens is 4. The zero-order valence-corrected chi connectivity index (χ0v) is 59.7. The lowest BCUT2D eigenvalue weighted by Gasteiger charge is -2.37. The molecule has 0 spiro atoms. The number of aromatic carboxylic acids is 1. The van der Waals surface area contributed by atoms with Crippen molar-refractivity contribution in [1.29, 1.82) is 0 Å². The number of anilines is 3. The van der Waals surface area contributed by atoms with Crippen molar-refractivity contribution < 1.29 is 65.9 Å². The molecule has 3 aromatic carbocycles. The van der Waals surface area contributed by atoms with Crippen LogP contribution in [0, 0.1) is 35.5 Å². The number of halogens is 1. The fraction of sp³-hybridized carbons (Fsp3) is 0.479. The number of carboxylic acid groups (broad SMARTS) is 1. The number of fused-ring (bicyclic) bond motifs is 3. The summed E-state index contributed by atoms with van der Waals surface area (Å²) in [5.74, 6) is -2.85. The van der Waals surface area contributed by atoms with E-state index in [2.05, 4.69) is 50.7 Å². The van der Waals surface area contributed by atoms with E-state index in [1.807, 2.05) is 59.0 Å². The number of nitrogens with two attached hydrogens (primary N) is 1. The summed E-state index contributed by atoms with van der Waals surface area (Å²) in [7, 11) is -4.51. The maximum absolute atomic E-state index is 13.8. The molecule has 0 radical (unpaired) electrons. The van der Waals surface area contributed by atoms with Crippen molar-refractivity contribution in [2.75, 3.05) is 66.5 Å². The number of para-hydroxylation sites is 1. The first kappa shape index (κ1) is 74.5. The molecule has 10 rings (SSSR count). The largest absolute Gasteiger partial charge is 0.496 e. The van der Waals surface area contributed by atoms with Gasteiger partial charge in [0, 0.05) is 80.2 Å². The lowest BCUT2D eigenvalue weighted by molar-refractivity contribution is -0.132. The first-order valence-electron chi connectivity index (χ1n) is 34.1. The minimum Gasteiger partial charge on any atom is -0.496 e. The predicted molar refractivity (Wildman–Crippen MR) is 382 cm³/mol. The molecule has 1 aliphatic heterocycles. The van der Waals surface area contributed by atoms with Gasteiger partial charge in [-0.15, -0.1) is 11.6 Å². The van der Waals surface area contributed by atoms with Crippen molar-refractivity contribution in [2.24, 2.45) is 34.3 Å². The molecule has 6 atom stereocenters. The van der Waals surface area contributed by atoms with Crippen LogP contribution in [-0.4, -0.2) is 153 Å². The van der Waals surface area contributed by atoms with Gasteiger partial charge in [0.15, 0.2) is 10.8 Å². The molecule has 6 aromatic rings. The van der Waals surface area contributed by atoms with Gasteiger partial charge in [-0.25, -0.2) is 24.4 Å². The van der Waals surface area contributed by atoms with E-state index in [0.29, 0.717) is 97.2 Å². The highest BCUT2D eigenvalue weighted by Gasteiger charge is 2.62. The number of carbonyl (C=O) groups is 8. The standard InChI is InChI=1S/C71H88ClN13O14S2/c1-42(2)61(81-58(86)18-7-6-10-26-74-59(87)36-72)65(90)78-54(16-12-27-75-67(73)93)64(89)77-47-21-19-45(20-22-47)39-99-69(94)83(30-32-101(95,96)97)29-31-98-55-35-71(34-52-60(55)43(3)33-70(52,5)40-71)41-85-44(4)50(37-76-85)48-23-24-57(80-62(48)66(91)92)84-28-25-46-13-11-14-49(51(46)38-84)63(88)82-68-79-53-15-8-9-17-56(53)100-68/h8-9,11,13-15,17,19-24,37,42-43,52,54,61H,6-7,10,12,16,18,25-36,38-41H2,1-5H3,(H,74,87)(H,77,89)(H,78,90)(H,81,86)(H,91,92)(H3,73,75,93)(H,79,82,88)(H,95,96,97)/t43?,52?,54-,61-,70?,71?/m0/s1. The molecule has 2 saturated carbocycles. The molecule has 101 heavy (non-hydrogen) atoms. The van der Waals surface area contributed by atoms with Crippen molar-refractivity contribution in [3.63, 3.8) is 0 Å². The molecule has 10 N–H and O–H groups in total. The molecular formula is C71H88ClN13O14S2. The topological polar surface area (TPSA) is 378 Å². The zero-order chi connectivity index (χ0) is 72.3. The molecule has 4 heterocycles. The highest BCUT2D eigenvalue weighted by molar-refractivity contribution is 7.85. The van der Waals surface area contributed by atoms with Crippen molar-refractivity contribution in [1.82, 2.24) is 45.9 Å². The first-order valence-corrected chi connectivity index (χ1v) is 37.0. The summed E-state index contributed by atoms with van der Waals surface area (Å²) in [6.45, 7) is 11.1. The molecule has 2 bridgehead atoms. The van der Waals surface area contributed by atoms with E-state index in [4.69, 9.17) is 36.9 Å². The number of pyridine rings is 1. The molecule has 3 aromatic heterocycles. The van der Waals surface area contributed by atoms with E-state index in [-0.39, 0.29) is 103 Å². The zero-order valence-electron chi connectivity index (χ0n) is 57.3. The summed E-state index contributed by atoms with van der Waals surface area (Å²) in [5, 5.41) is 32.6. The number of unbranched alkanes of at least 4 members (excludes halogenated alkanes) is 2. The Balaban J connectivity index is 0.753. The first-order chi connectivity index (χ1) is 48.2. The van der Waals surface area contributed by atoms with Crippen LogP contribution in [0.5, 0.6) is 0 Å². The van der Waals surface area contributed by atoms with E-state index >= 15 is 0 Å². The third kappa shape index (κ3) is 18.7. The Morgan fingerprint density at radius 3 is 2.38 bits per heavy atom. The number of nitrogens with zero attached hydrogens (tertiary/aromatic N) is 6. The number of hydrogen-bond acceptors (Lipinski definition) is 17. The highest BCUT2D eigenvalue weighted by atomic mass is 35.5. The van der Waals surface area contributed by atoms with Crippen LogP contribution in [-0.2, 0) is 64.9 Å². The minimum atomic E-state index is -4.51. The lowest BCUT2D eigenvalue weighted by atomic mass is 9.73. The van der Waals surface area contributed by atoms with E-state index in [1.165, 1.54) is 16.9 Å². The van der Waals surface area contributed by atoms with Gasteiger partial charge in [0.2, 0.25) is 23.6 Å². The number of primary amides is 1. The van der Waals surface area contributed by atoms with Gasteiger partial charge in [0.25, 0.3) is 16.0 Å². The van der Waals surface area contributed by atoms with Crippen LogP contribution in [0.4, 0.5) is 26.2 Å². The van der Waals surface area contributed by atoms with Crippen LogP contribution in [0.15, 0.2) is 96.4 Å². The molecule has 0 saturated heterocycles. The average molecular weight is 1450 g/mol. The smallest absolute Gasteiger partial charge is 0.410 e. The van der Waals surface area contributed by atoms with E-state index in [0.717, 1.165) is 57.0 Å². The van der Waals surface area contributed by atoms with E-state index in [1.54, 1.807) is 56.4 Å². The SMILES string of the molecule is Cc1c(-c2ccc(N3CCc4cccc(C(=O)Nc5nc6ccccc6s5)c4C3)nc2C(=O)O)cnn1CC12CC(OCCN(CCS(=O)(=O)O)C(=O)OCc3ccc(NC(=O)[C@H](CCCNC(N)=O)NC(=O)[C@@H](NC(=O)CCCCCNC(=O)CCl)C(C)C)cc3)=C3C(C)CC(C)(C1)C3C2. The molecular weight excluding hydrogens is 1360 g/mol. The van der Waals surface area contributed by atoms with Crippen molar-refractivity contribution in [3.05, 3.63) is 130 Å².